The van der Waals surface area contributed by atoms with E-state index in [0.717, 1.165) is 34.4 Å². The molecule has 3 aromatic rings. The number of nitrogens with zero attached hydrogens (tertiary/aromatic N) is 2. The lowest BCUT2D eigenvalue weighted by atomic mass is 9.96. The van der Waals surface area contributed by atoms with Crippen LogP contribution in [-0.4, -0.2) is 27.6 Å². The molecule has 1 fully saturated rings. The van der Waals surface area contributed by atoms with Gasteiger partial charge in [-0.15, -0.1) is 11.3 Å². The SMILES string of the molecule is Cc1nn(-c2ccc(Cl)cc2)c2sc(C(=O)OC3CCCCC3=O)cc12. The van der Waals surface area contributed by atoms with Crippen molar-refractivity contribution in [3.05, 3.63) is 45.9 Å². The first-order valence-corrected chi connectivity index (χ1v) is 9.71. The van der Waals surface area contributed by atoms with Gasteiger partial charge < -0.3 is 4.74 Å². The molecule has 2 heterocycles. The number of Topliss-reactive ketones (excluding diaryl/α,β-unsaturated/α-hetero) is 1. The first-order chi connectivity index (χ1) is 12.5. The highest BCUT2D eigenvalue weighted by atomic mass is 35.5. The number of esters is 1. The zero-order chi connectivity index (χ0) is 18.3. The van der Waals surface area contributed by atoms with Crippen LogP contribution >= 0.6 is 22.9 Å². The predicted octanol–water partition coefficient (Wildman–Crippen LogP) is 4.72. The second-order valence-electron chi connectivity index (χ2n) is 6.41. The summed E-state index contributed by atoms with van der Waals surface area (Å²) >= 11 is 7.28. The molecular formula is C19H17ClN2O3S. The molecule has 0 spiro atoms. The topological polar surface area (TPSA) is 61.2 Å². The molecule has 0 saturated heterocycles. The van der Waals surface area contributed by atoms with Gasteiger partial charge in [0.15, 0.2) is 11.9 Å². The number of ketones is 1. The van der Waals surface area contributed by atoms with Crippen molar-refractivity contribution in [2.45, 2.75) is 38.7 Å². The number of fused-ring (bicyclic) bond motifs is 1. The maximum Gasteiger partial charge on any atom is 0.349 e. The van der Waals surface area contributed by atoms with Crippen LogP contribution in [0.3, 0.4) is 0 Å². The van der Waals surface area contributed by atoms with Crippen LogP contribution in [0, 0.1) is 6.92 Å². The minimum atomic E-state index is -0.602. The molecular weight excluding hydrogens is 372 g/mol. The number of hydrogen-bond acceptors (Lipinski definition) is 5. The van der Waals surface area contributed by atoms with Crippen molar-refractivity contribution in [2.24, 2.45) is 0 Å². The molecule has 1 aliphatic rings. The molecule has 1 aliphatic carbocycles. The third kappa shape index (κ3) is 3.15. The zero-order valence-corrected chi connectivity index (χ0v) is 15.8. The minimum absolute atomic E-state index is 0.0224. The van der Waals surface area contributed by atoms with Gasteiger partial charge in [-0.2, -0.15) is 5.10 Å². The lowest BCUT2D eigenvalue weighted by Gasteiger charge is -2.20. The van der Waals surface area contributed by atoms with Crippen molar-refractivity contribution in [2.75, 3.05) is 0 Å². The summed E-state index contributed by atoms with van der Waals surface area (Å²) in [5, 5.41) is 6.12. The summed E-state index contributed by atoms with van der Waals surface area (Å²) in [7, 11) is 0. The Hall–Kier alpha value is -2.18. The number of rotatable bonds is 3. The van der Waals surface area contributed by atoms with Gasteiger partial charge in [0, 0.05) is 16.8 Å². The molecule has 2 aromatic heterocycles. The summed E-state index contributed by atoms with van der Waals surface area (Å²) in [5.74, 6) is -0.414. The standard InChI is InChI=1S/C19H17ClN2O3S/c1-11-14-10-17(19(24)25-16-5-3-2-4-15(16)23)26-18(14)22(21-11)13-8-6-12(20)7-9-13/h6-10,16H,2-5H2,1H3. The Morgan fingerprint density at radius 1 is 1.31 bits per heavy atom. The number of hydrogen-bond donors (Lipinski definition) is 0. The minimum Gasteiger partial charge on any atom is -0.450 e. The highest BCUT2D eigenvalue weighted by Crippen LogP contribution is 2.31. The number of benzene rings is 1. The fraction of sp³-hybridized carbons (Fsp3) is 0.316. The molecule has 1 aromatic carbocycles. The van der Waals surface area contributed by atoms with Crippen molar-refractivity contribution in [3.8, 4) is 5.69 Å². The fourth-order valence-electron chi connectivity index (χ4n) is 3.17. The Morgan fingerprint density at radius 2 is 2.08 bits per heavy atom. The highest BCUT2D eigenvalue weighted by Gasteiger charge is 2.27. The number of halogens is 1. The highest BCUT2D eigenvalue weighted by molar-refractivity contribution is 7.20. The van der Waals surface area contributed by atoms with Crippen molar-refractivity contribution in [1.29, 1.82) is 0 Å². The van der Waals surface area contributed by atoms with Crippen molar-refractivity contribution in [1.82, 2.24) is 9.78 Å². The Bertz CT molecular complexity index is 990. The van der Waals surface area contributed by atoms with Gasteiger partial charge in [-0.3, -0.25) is 4.79 Å². The third-order valence-electron chi connectivity index (χ3n) is 4.56. The average Bonchev–Trinajstić information content (AvgIpc) is 3.19. The van der Waals surface area contributed by atoms with Gasteiger partial charge in [0.05, 0.1) is 11.4 Å². The molecule has 1 saturated carbocycles. The quantitative estimate of drug-likeness (QED) is 0.609. The Labute approximate surface area is 159 Å². The van der Waals surface area contributed by atoms with Gasteiger partial charge in [0.1, 0.15) is 9.71 Å². The van der Waals surface area contributed by atoms with Gasteiger partial charge in [-0.05, 0) is 56.5 Å². The molecule has 0 bridgehead atoms. The maximum atomic E-state index is 12.5. The molecule has 0 N–H and O–H groups in total. The number of carbonyl (C=O) groups excluding carboxylic acids is 2. The van der Waals surface area contributed by atoms with Gasteiger partial charge in [0.25, 0.3) is 0 Å². The molecule has 1 atom stereocenters. The summed E-state index contributed by atoms with van der Waals surface area (Å²) < 4.78 is 7.26. The number of ether oxygens (including phenoxy) is 1. The predicted molar refractivity (Wildman–Crippen MR) is 101 cm³/mol. The molecule has 5 nitrogen and oxygen atoms in total. The van der Waals surface area contributed by atoms with E-state index in [0.29, 0.717) is 22.7 Å². The summed E-state index contributed by atoms with van der Waals surface area (Å²) in [4.78, 5) is 25.8. The van der Waals surface area contributed by atoms with E-state index in [1.807, 2.05) is 19.1 Å². The number of thiophene rings is 1. The summed E-state index contributed by atoms with van der Waals surface area (Å²) in [5.41, 5.74) is 1.70. The molecule has 1 unspecified atom stereocenters. The van der Waals surface area contributed by atoms with E-state index >= 15 is 0 Å². The largest absolute Gasteiger partial charge is 0.450 e. The summed E-state index contributed by atoms with van der Waals surface area (Å²) in [6.45, 7) is 1.90. The number of aryl methyl sites for hydroxylation is 1. The van der Waals surface area contributed by atoms with E-state index in [9.17, 15) is 9.59 Å². The van der Waals surface area contributed by atoms with Crippen LogP contribution < -0.4 is 0 Å². The number of aromatic nitrogens is 2. The van der Waals surface area contributed by atoms with Crippen LogP contribution in [0.2, 0.25) is 5.02 Å². The lowest BCUT2D eigenvalue weighted by Crippen LogP contribution is -2.29. The lowest BCUT2D eigenvalue weighted by molar-refractivity contribution is -0.129. The molecule has 26 heavy (non-hydrogen) atoms. The molecule has 134 valence electrons. The van der Waals surface area contributed by atoms with Crippen LogP contribution in [-0.2, 0) is 9.53 Å². The van der Waals surface area contributed by atoms with Gasteiger partial charge >= 0.3 is 5.97 Å². The van der Waals surface area contributed by atoms with E-state index in [4.69, 9.17) is 16.3 Å². The molecule has 0 amide bonds. The first kappa shape index (κ1) is 17.2. The van der Waals surface area contributed by atoms with Crippen molar-refractivity contribution < 1.29 is 14.3 Å². The zero-order valence-electron chi connectivity index (χ0n) is 14.2. The van der Waals surface area contributed by atoms with Gasteiger partial charge in [-0.1, -0.05) is 11.6 Å². The Kier molecular flexibility index (Phi) is 4.54. The number of carbonyl (C=O) groups is 2. The van der Waals surface area contributed by atoms with Crippen LogP contribution in [0.25, 0.3) is 15.9 Å². The van der Waals surface area contributed by atoms with E-state index in [-0.39, 0.29) is 5.78 Å². The van der Waals surface area contributed by atoms with Crippen molar-refractivity contribution in [3.63, 3.8) is 0 Å². The van der Waals surface area contributed by atoms with E-state index in [1.54, 1.807) is 22.9 Å². The monoisotopic (exact) mass is 388 g/mol. The van der Waals surface area contributed by atoms with Gasteiger partial charge in [0.2, 0.25) is 0 Å². The van der Waals surface area contributed by atoms with Crippen LogP contribution in [0.1, 0.15) is 41.0 Å². The molecule has 0 radical (unpaired) electrons. The Balaban J connectivity index is 1.65. The fourth-order valence-corrected chi connectivity index (χ4v) is 4.36. The normalized spacial score (nSPS) is 17.6. The second kappa shape index (κ2) is 6.85. The third-order valence-corrected chi connectivity index (χ3v) is 5.91. The summed E-state index contributed by atoms with van der Waals surface area (Å²) in [6, 6.07) is 9.16. The van der Waals surface area contributed by atoms with Crippen LogP contribution in [0.5, 0.6) is 0 Å². The summed E-state index contributed by atoms with van der Waals surface area (Å²) in [6.07, 6.45) is 2.31. The molecule has 4 rings (SSSR count). The molecule has 0 aliphatic heterocycles. The van der Waals surface area contributed by atoms with Crippen LogP contribution in [0.4, 0.5) is 0 Å². The first-order valence-electron chi connectivity index (χ1n) is 8.52. The van der Waals surface area contributed by atoms with Gasteiger partial charge in [-0.25, -0.2) is 9.48 Å². The van der Waals surface area contributed by atoms with Crippen LogP contribution in [0.15, 0.2) is 30.3 Å². The van der Waals surface area contributed by atoms with E-state index in [1.165, 1.54) is 11.3 Å². The smallest absolute Gasteiger partial charge is 0.349 e. The van der Waals surface area contributed by atoms with E-state index < -0.39 is 12.1 Å². The Morgan fingerprint density at radius 3 is 2.81 bits per heavy atom. The second-order valence-corrected chi connectivity index (χ2v) is 7.88. The van der Waals surface area contributed by atoms with Crippen molar-refractivity contribution >= 4 is 44.9 Å². The molecule has 7 heteroatoms. The average molecular weight is 389 g/mol. The van der Waals surface area contributed by atoms with E-state index in [2.05, 4.69) is 5.10 Å². The maximum absolute atomic E-state index is 12.5.